The van der Waals surface area contributed by atoms with Crippen LogP contribution >= 0.6 is 23.2 Å². The Morgan fingerprint density at radius 3 is 2.36 bits per heavy atom. The molecule has 0 aliphatic rings. The molecule has 1 aromatic carbocycles. The van der Waals surface area contributed by atoms with E-state index in [-0.39, 0.29) is 26.6 Å². The number of fused-ring (bicyclic) bond motifs is 3. The van der Waals surface area contributed by atoms with E-state index in [1.807, 2.05) is 0 Å². The average Bonchev–Trinajstić information content (AvgIpc) is 2.39. The van der Waals surface area contributed by atoms with Crippen LogP contribution in [0, 0.1) is 0 Å². The molecule has 1 amide bonds. The summed E-state index contributed by atoms with van der Waals surface area (Å²) in [6.07, 6.45) is 0. The molecule has 2 aromatic heterocycles. The van der Waals surface area contributed by atoms with E-state index in [9.17, 15) is 19.5 Å². The Balaban J connectivity index is 2.69. The zero-order valence-electron chi connectivity index (χ0n) is 10.5. The SMILES string of the molecule is NC(=O)c1c(O)c2c(=O)oc3c(Cl)cc(Cl)cc3c2oc1=O. The molecule has 2 heterocycles. The van der Waals surface area contributed by atoms with Crippen LogP contribution in [0.5, 0.6) is 5.75 Å². The molecule has 0 saturated heterocycles. The Morgan fingerprint density at radius 1 is 1.09 bits per heavy atom. The molecule has 0 bridgehead atoms. The number of nitrogens with two attached hydrogens (primary N) is 1. The van der Waals surface area contributed by atoms with Crippen molar-refractivity contribution in [2.24, 2.45) is 5.73 Å². The van der Waals surface area contributed by atoms with Crippen LogP contribution < -0.4 is 17.0 Å². The van der Waals surface area contributed by atoms with E-state index in [1.54, 1.807) is 0 Å². The topological polar surface area (TPSA) is 124 Å². The highest BCUT2D eigenvalue weighted by Gasteiger charge is 2.24. The number of amides is 1. The fourth-order valence-corrected chi connectivity index (χ4v) is 2.63. The van der Waals surface area contributed by atoms with Crippen molar-refractivity contribution in [3.05, 3.63) is 48.6 Å². The summed E-state index contributed by atoms with van der Waals surface area (Å²) in [6, 6.07) is 2.66. The van der Waals surface area contributed by atoms with Crippen LogP contribution in [0.25, 0.3) is 21.9 Å². The molecule has 3 rings (SSSR count). The van der Waals surface area contributed by atoms with Gasteiger partial charge in [-0.25, -0.2) is 9.59 Å². The van der Waals surface area contributed by atoms with Gasteiger partial charge in [0.1, 0.15) is 5.39 Å². The van der Waals surface area contributed by atoms with Crippen molar-refractivity contribution < 1.29 is 18.7 Å². The predicted molar refractivity (Wildman–Crippen MR) is 78.7 cm³/mol. The number of carbonyl (C=O) groups is 1. The van der Waals surface area contributed by atoms with E-state index in [2.05, 4.69) is 0 Å². The lowest BCUT2D eigenvalue weighted by atomic mass is 10.1. The second kappa shape index (κ2) is 4.75. The first-order chi connectivity index (χ1) is 10.3. The summed E-state index contributed by atoms with van der Waals surface area (Å²) in [5, 5.41) is 9.79. The third kappa shape index (κ3) is 1.94. The number of carbonyl (C=O) groups excluding carboxylic acids is 1. The Bertz CT molecular complexity index is 1080. The molecule has 0 aliphatic heterocycles. The van der Waals surface area contributed by atoms with Crippen molar-refractivity contribution in [1.82, 2.24) is 0 Å². The lowest BCUT2D eigenvalue weighted by Crippen LogP contribution is -2.22. The number of benzene rings is 1. The summed E-state index contributed by atoms with van der Waals surface area (Å²) in [4.78, 5) is 35.0. The van der Waals surface area contributed by atoms with Gasteiger partial charge in [0.05, 0.1) is 10.4 Å². The minimum absolute atomic E-state index is 0.0163. The Labute approximate surface area is 130 Å². The maximum atomic E-state index is 12.0. The van der Waals surface area contributed by atoms with Gasteiger partial charge in [0.25, 0.3) is 5.91 Å². The van der Waals surface area contributed by atoms with Crippen molar-refractivity contribution >= 4 is 51.0 Å². The highest BCUT2D eigenvalue weighted by molar-refractivity contribution is 6.38. The third-order valence-electron chi connectivity index (χ3n) is 3.00. The molecular formula is C13H5Cl2NO6. The lowest BCUT2D eigenvalue weighted by molar-refractivity contribution is 0.0994. The van der Waals surface area contributed by atoms with Gasteiger partial charge in [-0.1, -0.05) is 23.2 Å². The van der Waals surface area contributed by atoms with E-state index in [1.165, 1.54) is 12.1 Å². The molecule has 22 heavy (non-hydrogen) atoms. The van der Waals surface area contributed by atoms with E-state index < -0.39 is 33.9 Å². The molecule has 0 saturated carbocycles. The van der Waals surface area contributed by atoms with Gasteiger partial charge >= 0.3 is 11.3 Å². The third-order valence-corrected chi connectivity index (χ3v) is 3.50. The maximum Gasteiger partial charge on any atom is 0.353 e. The van der Waals surface area contributed by atoms with E-state index in [0.29, 0.717) is 0 Å². The second-order valence-corrected chi connectivity index (χ2v) is 5.18. The van der Waals surface area contributed by atoms with Gasteiger partial charge in [0, 0.05) is 5.02 Å². The fourth-order valence-electron chi connectivity index (χ4n) is 2.10. The zero-order valence-corrected chi connectivity index (χ0v) is 12.0. The van der Waals surface area contributed by atoms with Crippen LogP contribution in [-0.2, 0) is 0 Å². The number of halogens is 2. The van der Waals surface area contributed by atoms with Gasteiger partial charge in [-0.2, -0.15) is 0 Å². The highest BCUT2D eigenvalue weighted by atomic mass is 35.5. The fraction of sp³-hybridized carbons (Fsp3) is 0. The van der Waals surface area contributed by atoms with Gasteiger partial charge < -0.3 is 19.7 Å². The monoisotopic (exact) mass is 341 g/mol. The molecule has 0 aliphatic carbocycles. The summed E-state index contributed by atoms with van der Waals surface area (Å²) in [6.45, 7) is 0. The summed E-state index contributed by atoms with van der Waals surface area (Å²) in [7, 11) is 0. The van der Waals surface area contributed by atoms with Gasteiger partial charge in [-0.3, -0.25) is 4.79 Å². The van der Waals surface area contributed by atoms with E-state index in [0.717, 1.165) is 0 Å². The Morgan fingerprint density at radius 2 is 1.73 bits per heavy atom. The lowest BCUT2D eigenvalue weighted by Gasteiger charge is -2.06. The summed E-state index contributed by atoms with van der Waals surface area (Å²) < 4.78 is 9.94. The standard InChI is InChI=1S/C13H5Cl2NO6/c14-3-1-4-9(5(15)2-3)21-12(19)6-8(17)7(11(16)18)13(20)22-10(4)6/h1-2,17H,(H2,16,18). The van der Waals surface area contributed by atoms with Crippen LogP contribution in [0.2, 0.25) is 10.0 Å². The Kier molecular flexibility index (Phi) is 3.12. The van der Waals surface area contributed by atoms with E-state index >= 15 is 0 Å². The number of primary amides is 1. The number of rotatable bonds is 1. The molecular weight excluding hydrogens is 337 g/mol. The van der Waals surface area contributed by atoms with Crippen LogP contribution in [-0.4, -0.2) is 11.0 Å². The molecule has 0 fully saturated rings. The smallest absolute Gasteiger partial charge is 0.353 e. The normalized spacial score (nSPS) is 11.2. The van der Waals surface area contributed by atoms with E-state index in [4.69, 9.17) is 37.8 Å². The molecule has 112 valence electrons. The zero-order chi connectivity index (χ0) is 16.2. The summed E-state index contributed by atoms with van der Waals surface area (Å²) in [5.74, 6) is -2.15. The van der Waals surface area contributed by atoms with Crippen LogP contribution in [0.1, 0.15) is 10.4 Å². The molecule has 0 unspecified atom stereocenters. The highest BCUT2D eigenvalue weighted by Crippen LogP contribution is 2.34. The van der Waals surface area contributed by atoms with Crippen LogP contribution in [0.15, 0.2) is 30.6 Å². The van der Waals surface area contributed by atoms with Crippen molar-refractivity contribution in [2.45, 2.75) is 0 Å². The summed E-state index contributed by atoms with van der Waals surface area (Å²) in [5.41, 5.74) is 1.53. The van der Waals surface area contributed by atoms with Gasteiger partial charge in [0.2, 0.25) is 0 Å². The molecule has 0 radical (unpaired) electrons. The minimum Gasteiger partial charge on any atom is -0.506 e. The van der Waals surface area contributed by atoms with Gasteiger partial charge in [0.15, 0.2) is 22.5 Å². The first-order valence-electron chi connectivity index (χ1n) is 5.72. The summed E-state index contributed by atoms with van der Waals surface area (Å²) >= 11 is 11.8. The first-order valence-corrected chi connectivity index (χ1v) is 6.48. The minimum atomic E-state index is -1.24. The largest absolute Gasteiger partial charge is 0.506 e. The van der Waals surface area contributed by atoms with Gasteiger partial charge in [-0.05, 0) is 12.1 Å². The maximum absolute atomic E-state index is 12.0. The number of hydrogen-bond donors (Lipinski definition) is 2. The first kappa shape index (κ1) is 14.4. The van der Waals surface area contributed by atoms with Gasteiger partial charge in [-0.15, -0.1) is 0 Å². The molecule has 9 heteroatoms. The van der Waals surface area contributed by atoms with Crippen LogP contribution in [0.3, 0.4) is 0 Å². The number of aromatic hydroxyl groups is 1. The predicted octanol–water partition coefficient (Wildman–Crippen LogP) is 2.01. The average molecular weight is 342 g/mol. The van der Waals surface area contributed by atoms with Crippen molar-refractivity contribution in [3.63, 3.8) is 0 Å². The van der Waals surface area contributed by atoms with Crippen molar-refractivity contribution in [2.75, 3.05) is 0 Å². The molecule has 0 spiro atoms. The molecule has 0 atom stereocenters. The molecule has 3 aromatic rings. The molecule has 3 N–H and O–H groups in total. The van der Waals surface area contributed by atoms with Crippen LogP contribution in [0.4, 0.5) is 0 Å². The van der Waals surface area contributed by atoms with Crippen molar-refractivity contribution in [3.8, 4) is 5.75 Å². The number of hydrogen-bond acceptors (Lipinski definition) is 6. The quantitative estimate of drug-likeness (QED) is 0.515. The molecule has 7 nitrogen and oxygen atoms in total. The Hall–Kier alpha value is -2.51. The van der Waals surface area contributed by atoms with Crippen molar-refractivity contribution in [1.29, 1.82) is 0 Å². The second-order valence-electron chi connectivity index (χ2n) is 4.34.